The molecule has 0 N–H and O–H groups in total. The molecule has 1 saturated heterocycles. The van der Waals surface area contributed by atoms with Gasteiger partial charge in [0, 0.05) is 12.1 Å². The smallest absolute Gasteiger partial charge is 0.337 e. The molecule has 0 amide bonds. The van der Waals surface area contributed by atoms with Crippen LogP contribution in [0.2, 0.25) is 0 Å². The van der Waals surface area contributed by atoms with Gasteiger partial charge in [0.1, 0.15) is 0 Å². The van der Waals surface area contributed by atoms with Crippen LogP contribution < -0.4 is 0 Å². The Morgan fingerprint density at radius 3 is 1.90 bits per heavy atom. The SMILES string of the molecule is COC(=O)c1cc(C(=O)OC)cc(S(=O)(=O)N(C2CCCCC2)C2CCS(=O)(=O)C2)c1. The highest BCUT2D eigenvalue weighted by molar-refractivity contribution is 7.92. The summed E-state index contributed by atoms with van der Waals surface area (Å²) in [6.45, 7) is 0. The summed E-state index contributed by atoms with van der Waals surface area (Å²) in [6, 6.07) is 2.52. The van der Waals surface area contributed by atoms with Crippen LogP contribution in [0, 0.1) is 0 Å². The van der Waals surface area contributed by atoms with Gasteiger partial charge in [-0.25, -0.2) is 26.4 Å². The molecule has 2 fully saturated rings. The maximum atomic E-state index is 13.8. The molecule has 11 heteroatoms. The Morgan fingerprint density at radius 2 is 1.45 bits per heavy atom. The first-order chi connectivity index (χ1) is 14.6. The first-order valence-corrected chi connectivity index (χ1v) is 13.4. The molecule has 1 unspecified atom stereocenters. The second-order valence-corrected chi connectivity index (χ2v) is 12.0. The Balaban J connectivity index is 2.12. The molecule has 1 atom stereocenters. The highest BCUT2D eigenvalue weighted by Crippen LogP contribution is 2.34. The van der Waals surface area contributed by atoms with Crippen molar-refractivity contribution in [3.8, 4) is 0 Å². The third kappa shape index (κ3) is 5.09. The molecular weight excluding hydrogens is 446 g/mol. The number of benzene rings is 1. The maximum absolute atomic E-state index is 13.8. The number of esters is 2. The lowest BCUT2D eigenvalue weighted by Gasteiger charge is -2.37. The summed E-state index contributed by atoms with van der Waals surface area (Å²) in [6.07, 6.45) is 4.19. The highest BCUT2D eigenvalue weighted by Gasteiger charge is 2.43. The number of hydrogen-bond donors (Lipinski definition) is 0. The van der Waals surface area contributed by atoms with Gasteiger partial charge in [0.25, 0.3) is 0 Å². The average Bonchev–Trinajstić information content (AvgIpc) is 3.11. The molecule has 2 aliphatic rings. The number of rotatable bonds is 6. The highest BCUT2D eigenvalue weighted by atomic mass is 32.2. The molecular formula is C20H27NO8S2. The van der Waals surface area contributed by atoms with Crippen LogP contribution in [0.3, 0.4) is 0 Å². The van der Waals surface area contributed by atoms with E-state index in [-0.39, 0.29) is 40.0 Å². The predicted octanol–water partition coefficient (Wildman–Crippen LogP) is 1.77. The van der Waals surface area contributed by atoms with Crippen LogP contribution >= 0.6 is 0 Å². The van der Waals surface area contributed by atoms with Gasteiger partial charge in [0.2, 0.25) is 10.0 Å². The van der Waals surface area contributed by atoms with Crippen molar-refractivity contribution < 1.29 is 35.9 Å². The van der Waals surface area contributed by atoms with Crippen LogP contribution in [0.4, 0.5) is 0 Å². The fourth-order valence-corrected chi connectivity index (χ4v) is 8.12. The van der Waals surface area contributed by atoms with Gasteiger partial charge in [-0.2, -0.15) is 4.31 Å². The van der Waals surface area contributed by atoms with Gasteiger partial charge in [0.05, 0.1) is 41.7 Å². The molecule has 0 radical (unpaired) electrons. The molecule has 1 aliphatic carbocycles. The second kappa shape index (κ2) is 9.25. The fourth-order valence-electron chi connectivity index (χ4n) is 4.34. The monoisotopic (exact) mass is 473 g/mol. The number of hydrogen-bond acceptors (Lipinski definition) is 8. The van der Waals surface area contributed by atoms with Gasteiger partial charge in [-0.3, -0.25) is 0 Å². The lowest BCUT2D eigenvalue weighted by Crippen LogP contribution is -2.48. The van der Waals surface area contributed by atoms with E-state index in [1.165, 1.54) is 10.4 Å². The van der Waals surface area contributed by atoms with E-state index in [0.717, 1.165) is 45.6 Å². The van der Waals surface area contributed by atoms with Gasteiger partial charge in [-0.1, -0.05) is 19.3 Å². The van der Waals surface area contributed by atoms with Gasteiger partial charge in [-0.15, -0.1) is 0 Å². The summed E-state index contributed by atoms with van der Waals surface area (Å²) in [4.78, 5) is 24.0. The quantitative estimate of drug-likeness (QED) is 0.573. The van der Waals surface area contributed by atoms with Crippen molar-refractivity contribution in [3.63, 3.8) is 0 Å². The molecule has 1 aromatic carbocycles. The number of methoxy groups -OCH3 is 2. The van der Waals surface area contributed by atoms with E-state index in [1.54, 1.807) is 0 Å². The summed E-state index contributed by atoms with van der Waals surface area (Å²) >= 11 is 0. The van der Waals surface area contributed by atoms with Crippen molar-refractivity contribution in [1.82, 2.24) is 4.31 Å². The topological polar surface area (TPSA) is 124 Å². The average molecular weight is 474 g/mol. The minimum absolute atomic E-state index is 0.0635. The van der Waals surface area contributed by atoms with E-state index in [1.807, 2.05) is 0 Å². The van der Waals surface area contributed by atoms with Crippen molar-refractivity contribution in [1.29, 1.82) is 0 Å². The van der Waals surface area contributed by atoms with Crippen LogP contribution in [0.1, 0.15) is 59.2 Å². The van der Waals surface area contributed by atoms with Gasteiger partial charge < -0.3 is 9.47 Å². The number of ether oxygens (including phenoxy) is 2. The van der Waals surface area contributed by atoms with Gasteiger partial charge >= 0.3 is 11.9 Å². The Morgan fingerprint density at radius 1 is 0.903 bits per heavy atom. The number of nitrogens with zero attached hydrogens (tertiary/aromatic N) is 1. The Labute approximate surface area is 182 Å². The number of carbonyl (C=O) groups excluding carboxylic acids is 2. The molecule has 9 nitrogen and oxygen atoms in total. The van der Waals surface area contributed by atoms with Crippen molar-refractivity contribution in [2.45, 2.75) is 55.5 Å². The van der Waals surface area contributed by atoms with E-state index in [9.17, 15) is 26.4 Å². The number of carbonyl (C=O) groups is 2. The van der Waals surface area contributed by atoms with E-state index in [2.05, 4.69) is 0 Å². The second-order valence-electron chi connectivity index (χ2n) is 7.91. The third-order valence-corrected chi connectivity index (χ3v) is 9.56. The summed E-state index contributed by atoms with van der Waals surface area (Å²) in [5.74, 6) is -1.89. The van der Waals surface area contributed by atoms with Gasteiger partial charge in [-0.05, 0) is 37.5 Å². The van der Waals surface area contributed by atoms with Crippen molar-refractivity contribution in [2.24, 2.45) is 0 Å². The molecule has 1 saturated carbocycles. The molecule has 172 valence electrons. The molecule has 3 rings (SSSR count). The predicted molar refractivity (Wildman–Crippen MR) is 112 cm³/mol. The van der Waals surface area contributed by atoms with E-state index in [0.29, 0.717) is 12.8 Å². The summed E-state index contributed by atoms with van der Waals surface area (Å²) < 4.78 is 62.5. The summed E-state index contributed by atoms with van der Waals surface area (Å²) in [7, 11) is -5.23. The molecule has 1 aromatic rings. The normalized spacial score (nSPS) is 21.7. The molecule has 0 spiro atoms. The van der Waals surface area contributed by atoms with E-state index >= 15 is 0 Å². The first kappa shape index (κ1) is 23.7. The zero-order valence-electron chi connectivity index (χ0n) is 17.6. The number of sulfonamides is 1. The van der Waals surface area contributed by atoms with Crippen LogP contribution in [-0.2, 0) is 29.3 Å². The number of sulfone groups is 1. The molecule has 1 heterocycles. The lowest BCUT2D eigenvalue weighted by molar-refractivity contribution is 0.0598. The minimum atomic E-state index is -4.21. The Hall–Kier alpha value is -1.98. The van der Waals surface area contributed by atoms with Crippen LogP contribution in [0.25, 0.3) is 0 Å². The van der Waals surface area contributed by atoms with Crippen LogP contribution in [0.15, 0.2) is 23.1 Å². The van der Waals surface area contributed by atoms with Crippen LogP contribution in [0.5, 0.6) is 0 Å². The fraction of sp³-hybridized carbons (Fsp3) is 0.600. The van der Waals surface area contributed by atoms with Gasteiger partial charge in [0.15, 0.2) is 9.84 Å². The standard InChI is InChI=1S/C20H27NO8S2/c1-28-19(22)14-10-15(20(23)29-2)12-18(11-14)31(26,27)21(16-6-4-3-5-7-16)17-8-9-30(24,25)13-17/h10-12,16-17H,3-9,13H2,1-2H3. The minimum Gasteiger partial charge on any atom is -0.465 e. The van der Waals surface area contributed by atoms with E-state index < -0.39 is 37.8 Å². The summed E-state index contributed by atoms with van der Waals surface area (Å²) in [5.41, 5.74) is -0.210. The van der Waals surface area contributed by atoms with E-state index in [4.69, 9.17) is 9.47 Å². The zero-order chi connectivity index (χ0) is 22.8. The van der Waals surface area contributed by atoms with Crippen molar-refractivity contribution in [3.05, 3.63) is 29.3 Å². The van der Waals surface area contributed by atoms with Crippen molar-refractivity contribution >= 4 is 31.8 Å². The van der Waals surface area contributed by atoms with Crippen molar-refractivity contribution in [2.75, 3.05) is 25.7 Å². The molecule has 0 bridgehead atoms. The Bertz CT molecular complexity index is 1020. The lowest BCUT2D eigenvalue weighted by atomic mass is 9.95. The molecule has 0 aromatic heterocycles. The largest absolute Gasteiger partial charge is 0.465 e. The zero-order valence-corrected chi connectivity index (χ0v) is 19.2. The first-order valence-electron chi connectivity index (χ1n) is 10.1. The molecule has 31 heavy (non-hydrogen) atoms. The summed E-state index contributed by atoms with van der Waals surface area (Å²) in [5, 5.41) is 0. The third-order valence-electron chi connectivity index (χ3n) is 5.83. The molecule has 1 aliphatic heterocycles. The maximum Gasteiger partial charge on any atom is 0.337 e. The Kier molecular flexibility index (Phi) is 7.07. The van der Waals surface area contributed by atoms with Crippen LogP contribution in [-0.4, -0.2) is 70.9 Å².